The van der Waals surface area contributed by atoms with Crippen LogP contribution in [0.4, 0.5) is 0 Å². The Bertz CT molecular complexity index is 366. The van der Waals surface area contributed by atoms with Crippen molar-refractivity contribution in [2.24, 2.45) is 11.8 Å². The van der Waals surface area contributed by atoms with Crippen molar-refractivity contribution in [1.29, 1.82) is 0 Å². The van der Waals surface area contributed by atoms with Gasteiger partial charge in [0.15, 0.2) is 0 Å². The van der Waals surface area contributed by atoms with E-state index in [0.717, 1.165) is 25.2 Å². The Kier molecular flexibility index (Phi) is 4.91. The topological polar surface area (TPSA) is 30.0 Å². The SMILES string of the molecule is CCC1CCC(C(=O)CCc2ccncc2)CC1. The number of carbonyl (C=O) groups is 1. The molecule has 0 aromatic carbocycles. The first kappa shape index (κ1) is 13.3. The summed E-state index contributed by atoms with van der Waals surface area (Å²) in [5, 5.41) is 0. The molecule has 1 saturated carbocycles. The van der Waals surface area contributed by atoms with Crippen LogP contribution < -0.4 is 0 Å². The first-order valence-electron chi connectivity index (χ1n) is 7.21. The quantitative estimate of drug-likeness (QED) is 0.789. The number of rotatable bonds is 5. The molecule has 2 nitrogen and oxygen atoms in total. The fourth-order valence-corrected chi connectivity index (χ4v) is 2.91. The smallest absolute Gasteiger partial charge is 0.136 e. The van der Waals surface area contributed by atoms with E-state index < -0.39 is 0 Å². The van der Waals surface area contributed by atoms with Gasteiger partial charge in [0.2, 0.25) is 0 Å². The molecule has 0 spiro atoms. The van der Waals surface area contributed by atoms with E-state index in [2.05, 4.69) is 11.9 Å². The molecule has 0 bridgehead atoms. The fraction of sp³-hybridized carbons (Fsp3) is 0.625. The first-order chi connectivity index (χ1) is 8.79. The summed E-state index contributed by atoms with van der Waals surface area (Å²) in [6.07, 6.45) is 11.2. The summed E-state index contributed by atoms with van der Waals surface area (Å²) in [6, 6.07) is 4.00. The Morgan fingerprint density at radius 2 is 1.89 bits per heavy atom. The Hall–Kier alpha value is -1.18. The van der Waals surface area contributed by atoms with Crippen molar-refractivity contribution in [3.05, 3.63) is 30.1 Å². The van der Waals surface area contributed by atoms with Gasteiger partial charge in [0.25, 0.3) is 0 Å². The van der Waals surface area contributed by atoms with Gasteiger partial charge in [-0.25, -0.2) is 0 Å². The minimum Gasteiger partial charge on any atom is -0.299 e. The van der Waals surface area contributed by atoms with Crippen LogP contribution in [0.15, 0.2) is 24.5 Å². The van der Waals surface area contributed by atoms with E-state index in [1.54, 1.807) is 12.4 Å². The number of pyridine rings is 1. The van der Waals surface area contributed by atoms with Crippen molar-refractivity contribution in [3.8, 4) is 0 Å². The minimum atomic E-state index is 0.342. The second-order valence-electron chi connectivity index (χ2n) is 5.45. The summed E-state index contributed by atoms with van der Waals surface area (Å²) in [7, 11) is 0. The maximum atomic E-state index is 12.2. The highest BCUT2D eigenvalue weighted by molar-refractivity contribution is 5.81. The predicted molar refractivity (Wildman–Crippen MR) is 73.3 cm³/mol. The molecule has 0 aliphatic heterocycles. The van der Waals surface area contributed by atoms with E-state index in [4.69, 9.17) is 0 Å². The maximum absolute atomic E-state index is 12.2. The van der Waals surface area contributed by atoms with E-state index in [1.807, 2.05) is 12.1 Å². The number of aryl methyl sites for hydroxylation is 1. The molecular formula is C16H23NO. The van der Waals surface area contributed by atoms with Crippen molar-refractivity contribution in [2.75, 3.05) is 0 Å². The minimum absolute atomic E-state index is 0.342. The second-order valence-corrected chi connectivity index (χ2v) is 5.45. The molecule has 1 aromatic heterocycles. The molecule has 98 valence electrons. The summed E-state index contributed by atoms with van der Waals surface area (Å²) in [5.74, 6) is 1.69. The zero-order valence-corrected chi connectivity index (χ0v) is 11.3. The average molecular weight is 245 g/mol. The van der Waals surface area contributed by atoms with Crippen molar-refractivity contribution in [2.45, 2.75) is 51.9 Å². The third-order valence-electron chi connectivity index (χ3n) is 4.29. The van der Waals surface area contributed by atoms with Crippen LogP contribution in [-0.2, 0) is 11.2 Å². The predicted octanol–water partition coefficient (Wildman–Crippen LogP) is 3.80. The summed E-state index contributed by atoms with van der Waals surface area (Å²) in [5.41, 5.74) is 1.22. The Balaban J connectivity index is 1.75. The third-order valence-corrected chi connectivity index (χ3v) is 4.29. The Morgan fingerprint density at radius 1 is 1.22 bits per heavy atom. The number of Topliss-reactive ketones (excluding diaryl/α,β-unsaturated/α-hetero) is 1. The molecule has 0 radical (unpaired) electrons. The molecule has 0 N–H and O–H groups in total. The van der Waals surface area contributed by atoms with Crippen LogP contribution in [0, 0.1) is 11.8 Å². The first-order valence-corrected chi connectivity index (χ1v) is 7.21. The lowest BCUT2D eigenvalue weighted by molar-refractivity contribution is -0.124. The average Bonchev–Trinajstić information content (AvgIpc) is 2.46. The third kappa shape index (κ3) is 3.66. The van der Waals surface area contributed by atoms with Crippen molar-refractivity contribution >= 4 is 5.78 Å². The maximum Gasteiger partial charge on any atom is 0.136 e. The van der Waals surface area contributed by atoms with Crippen LogP contribution in [0.5, 0.6) is 0 Å². The highest BCUT2D eigenvalue weighted by Gasteiger charge is 2.24. The van der Waals surface area contributed by atoms with Crippen LogP contribution in [0.2, 0.25) is 0 Å². The second kappa shape index (κ2) is 6.67. The number of ketones is 1. The lowest BCUT2D eigenvalue weighted by Crippen LogP contribution is -2.21. The summed E-state index contributed by atoms with van der Waals surface area (Å²) in [4.78, 5) is 16.1. The molecule has 1 fully saturated rings. The lowest BCUT2D eigenvalue weighted by atomic mass is 9.78. The van der Waals surface area contributed by atoms with E-state index in [0.29, 0.717) is 18.1 Å². The van der Waals surface area contributed by atoms with E-state index in [1.165, 1.54) is 24.8 Å². The van der Waals surface area contributed by atoms with Gasteiger partial charge in [-0.05, 0) is 55.7 Å². The normalized spacial score (nSPS) is 23.8. The van der Waals surface area contributed by atoms with E-state index >= 15 is 0 Å². The molecule has 2 heteroatoms. The fourth-order valence-electron chi connectivity index (χ4n) is 2.91. The molecule has 0 atom stereocenters. The van der Waals surface area contributed by atoms with Crippen LogP contribution in [0.3, 0.4) is 0 Å². The highest BCUT2D eigenvalue weighted by atomic mass is 16.1. The van der Waals surface area contributed by atoms with E-state index in [-0.39, 0.29) is 0 Å². The van der Waals surface area contributed by atoms with Crippen LogP contribution >= 0.6 is 0 Å². The van der Waals surface area contributed by atoms with Gasteiger partial charge < -0.3 is 0 Å². The number of hydrogen-bond donors (Lipinski definition) is 0. The van der Waals surface area contributed by atoms with Gasteiger partial charge >= 0.3 is 0 Å². The van der Waals surface area contributed by atoms with Crippen molar-refractivity contribution < 1.29 is 4.79 Å². The molecule has 1 aromatic rings. The monoisotopic (exact) mass is 245 g/mol. The number of hydrogen-bond acceptors (Lipinski definition) is 2. The molecule has 1 heterocycles. The van der Waals surface area contributed by atoms with Gasteiger partial charge in [0.1, 0.15) is 5.78 Å². The number of carbonyl (C=O) groups excluding carboxylic acids is 1. The Labute approximate surface area is 110 Å². The van der Waals surface area contributed by atoms with Gasteiger partial charge in [-0.2, -0.15) is 0 Å². The van der Waals surface area contributed by atoms with E-state index in [9.17, 15) is 4.79 Å². The van der Waals surface area contributed by atoms with Gasteiger partial charge in [-0.15, -0.1) is 0 Å². The summed E-state index contributed by atoms with van der Waals surface area (Å²) < 4.78 is 0. The summed E-state index contributed by atoms with van der Waals surface area (Å²) in [6.45, 7) is 2.26. The molecule has 1 aliphatic rings. The number of nitrogens with zero attached hydrogens (tertiary/aromatic N) is 1. The van der Waals surface area contributed by atoms with Gasteiger partial charge in [0.05, 0.1) is 0 Å². The Morgan fingerprint density at radius 3 is 2.50 bits per heavy atom. The van der Waals surface area contributed by atoms with Gasteiger partial charge in [-0.1, -0.05) is 13.3 Å². The molecule has 0 unspecified atom stereocenters. The number of aromatic nitrogens is 1. The highest BCUT2D eigenvalue weighted by Crippen LogP contribution is 2.31. The van der Waals surface area contributed by atoms with Crippen molar-refractivity contribution in [3.63, 3.8) is 0 Å². The van der Waals surface area contributed by atoms with Crippen LogP contribution in [-0.4, -0.2) is 10.8 Å². The van der Waals surface area contributed by atoms with Crippen molar-refractivity contribution in [1.82, 2.24) is 4.98 Å². The largest absolute Gasteiger partial charge is 0.299 e. The zero-order valence-electron chi connectivity index (χ0n) is 11.3. The molecule has 1 aliphatic carbocycles. The molecule has 0 amide bonds. The van der Waals surface area contributed by atoms with Crippen LogP contribution in [0.1, 0.15) is 51.0 Å². The van der Waals surface area contributed by atoms with Crippen LogP contribution in [0.25, 0.3) is 0 Å². The lowest BCUT2D eigenvalue weighted by Gasteiger charge is -2.26. The van der Waals surface area contributed by atoms with Gasteiger partial charge in [0, 0.05) is 24.7 Å². The standard InChI is InChI=1S/C16H23NO/c1-2-13-3-6-15(7-4-13)16(18)8-5-14-9-11-17-12-10-14/h9-13,15H,2-8H2,1H3. The molecular weight excluding hydrogens is 222 g/mol. The molecule has 0 saturated heterocycles. The molecule has 18 heavy (non-hydrogen) atoms. The molecule has 2 rings (SSSR count). The zero-order chi connectivity index (χ0) is 12.8. The van der Waals surface area contributed by atoms with Gasteiger partial charge in [-0.3, -0.25) is 9.78 Å². The summed E-state index contributed by atoms with van der Waals surface area (Å²) >= 11 is 0.